The van der Waals surface area contributed by atoms with Gasteiger partial charge in [0.05, 0.1) is 4.92 Å². The lowest BCUT2D eigenvalue weighted by Crippen LogP contribution is -2.35. The number of nitro groups is 1. The van der Waals surface area contributed by atoms with Crippen LogP contribution in [0.4, 0.5) is 17.1 Å². The standard InChI is InChI=1S/C28H26ClN5O4S/c1-17-10-12-33(13-11-17)23-8-4-19(15-24(23)34(36)37)27(35)32-28(39)30-21-7-9-25-22(16-21)31-26(38-25)14-18-2-5-20(29)6-3-18/h2-9,15-17H,10-14H2,1H3,(H2,30,32,35,39). The molecule has 0 radical (unpaired) electrons. The molecule has 3 aromatic carbocycles. The predicted octanol–water partition coefficient (Wildman–Crippen LogP) is 6.34. The van der Waals surface area contributed by atoms with Gasteiger partial charge in [0.25, 0.3) is 11.6 Å². The molecule has 11 heteroatoms. The van der Waals surface area contributed by atoms with Crippen molar-refractivity contribution in [2.45, 2.75) is 26.2 Å². The Morgan fingerprint density at radius 2 is 1.90 bits per heavy atom. The molecular formula is C28H26ClN5O4S. The van der Waals surface area contributed by atoms with E-state index in [1.165, 1.54) is 6.07 Å². The van der Waals surface area contributed by atoms with Crippen LogP contribution < -0.4 is 15.5 Å². The van der Waals surface area contributed by atoms with Gasteiger partial charge in [-0.05, 0) is 79.0 Å². The quantitative estimate of drug-likeness (QED) is 0.159. The van der Waals surface area contributed by atoms with Crippen LogP contribution in [0, 0.1) is 16.0 Å². The van der Waals surface area contributed by atoms with E-state index < -0.39 is 10.8 Å². The molecule has 1 aromatic heterocycles. The van der Waals surface area contributed by atoms with E-state index in [0.717, 1.165) is 31.5 Å². The van der Waals surface area contributed by atoms with Crippen LogP contribution in [0.5, 0.6) is 0 Å². The van der Waals surface area contributed by atoms with E-state index >= 15 is 0 Å². The highest BCUT2D eigenvalue weighted by molar-refractivity contribution is 7.80. The van der Waals surface area contributed by atoms with E-state index in [1.54, 1.807) is 30.3 Å². The molecule has 2 N–H and O–H groups in total. The summed E-state index contributed by atoms with van der Waals surface area (Å²) in [6, 6.07) is 17.3. The zero-order valence-electron chi connectivity index (χ0n) is 21.1. The van der Waals surface area contributed by atoms with Crippen LogP contribution in [0.15, 0.2) is 65.1 Å². The fourth-order valence-electron chi connectivity index (χ4n) is 4.57. The third-order valence-corrected chi connectivity index (χ3v) is 7.20. The first-order valence-corrected chi connectivity index (χ1v) is 13.3. The van der Waals surface area contributed by atoms with Gasteiger partial charge in [-0.25, -0.2) is 4.98 Å². The van der Waals surface area contributed by atoms with Crippen molar-refractivity contribution < 1.29 is 14.1 Å². The fraction of sp³-hybridized carbons (Fsp3) is 0.250. The van der Waals surface area contributed by atoms with Crippen LogP contribution in [0.3, 0.4) is 0 Å². The summed E-state index contributed by atoms with van der Waals surface area (Å²) in [7, 11) is 0. The van der Waals surface area contributed by atoms with E-state index in [2.05, 4.69) is 22.5 Å². The molecule has 0 saturated carbocycles. The maximum Gasteiger partial charge on any atom is 0.293 e. The number of carbonyl (C=O) groups excluding carboxylic acids is 1. The van der Waals surface area contributed by atoms with Crippen LogP contribution in [0.2, 0.25) is 5.02 Å². The number of benzene rings is 3. The largest absolute Gasteiger partial charge is 0.440 e. The summed E-state index contributed by atoms with van der Waals surface area (Å²) >= 11 is 11.3. The number of halogens is 1. The molecule has 1 aliphatic heterocycles. The third kappa shape index (κ3) is 6.35. The molecule has 9 nitrogen and oxygen atoms in total. The first kappa shape index (κ1) is 26.6. The molecule has 4 aromatic rings. The Balaban J connectivity index is 1.24. The van der Waals surface area contributed by atoms with Crippen molar-refractivity contribution in [3.63, 3.8) is 0 Å². The molecule has 5 rings (SSSR count). The second-order valence-electron chi connectivity index (χ2n) is 9.63. The number of hydrogen-bond acceptors (Lipinski definition) is 7. The lowest BCUT2D eigenvalue weighted by atomic mass is 9.98. The van der Waals surface area contributed by atoms with Crippen LogP contribution in [-0.4, -0.2) is 34.0 Å². The molecule has 1 aliphatic rings. The van der Waals surface area contributed by atoms with E-state index in [0.29, 0.717) is 45.7 Å². The summed E-state index contributed by atoms with van der Waals surface area (Å²) in [6.45, 7) is 3.68. The van der Waals surface area contributed by atoms with Crippen molar-refractivity contribution >= 4 is 63.0 Å². The van der Waals surface area contributed by atoms with Crippen LogP contribution in [0.25, 0.3) is 11.1 Å². The first-order chi connectivity index (χ1) is 18.7. The van der Waals surface area contributed by atoms with Crippen molar-refractivity contribution in [1.82, 2.24) is 10.3 Å². The van der Waals surface area contributed by atoms with Gasteiger partial charge in [0.2, 0.25) is 0 Å². The Hall–Kier alpha value is -4.02. The van der Waals surface area contributed by atoms with Gasteiger partial charge in [0.15, 0.2) is 16.6 Å². The molecule has 1 amide bonds. The monoisotopic (exact) mass is 563 g/mol. The average molecular weight is 564 g/mol. The zero-order valence-corrected chi connectivity index (χ0v) is 22.7. The van der Waals surface area contributed by atoms with E-state index in [4.69, 9.17) is 28.2 Å². The minimum Gasteiger partial charge on any atom is -0.440 e. The highest BCUT2D eigenvalue weighted by Crippen LogP contribution is 2.32. The molecule has 2 heterocycles. The maximum absolute atomic E-state index is 12.9. The fourth-order valence-corrected chi connectivity index (χ4v) is 4.91. The second kappa shape index (κ2) is 11.4. The lowest BCUT2D eigenvalue weighted by molar-refractivity contribution is -0.384. The number of carbonyl (C=O) groups is 1. The van der Waals surface area contributed by atoms with Gasteiger partial charge in [-0.15, -0.1) is 0 Å². The van der Waals surface area contributed by atoms with Crippen LogP contribution in [0.1, 0.15) is 41.6 Å². The molecule has 0 atom stereocenters. The number of hydrogen-bond donors (Lipinski definition) is 2. The van der Waals surface area contributed by atoms with Crippen molar-refractivity contribution in [3.8, 4) is 0 Å². The minimum absolute atomic E-state index is 0.0565. The number of thiocarbonyl (C=S) groups is 1. The van der Waals surface area contributed by atoms with Gasteiger partial charge in [-0.1, -0.05) is 30.7 Å². The summed E-state index contributed by atoms with van der Waals surface area (Å²) in [5, 5.41) is 18.1. The summed E-state index contributed by atoms with van der Waals surface area (Å²) in [5.41, 5.74) is 3.47. The Morgan fingerprint density at radius 3 is 2.62 bits per heavy atom. The topological polar surface area (TPSA) is 114 Å². The average Bonchev–Trinajstić information content (AvgIpc) is 3.31. The number of amides is 1. The summed E-state index contributed by atoms with van der Waals surface area (Å²) < 4.78 is 5.84. The Kier molecular flexibility index (Phi) is 7.76. The van der Waals surface area contributed by atoms with Gasteiger partial charge in [-0.3, -0.25) is 20.2 Å². The van der Waals surface area contributed by atoms with Crippen LogP contribution in [-0.2, 0) is 6.42 Å². The van der Waals surface area contributed by atoms with Crippen molar-refractivity contribution in [2.75, 3.05) is 23.3 Å². The number of piperidine rings is 1. The highest BCUT2D eigenvalue weighted by atomic mass is 35.5. The van der Waals surface area contributed by atoms with E-state index in [9.17, 15) is 14.9 Å². The van der Waals surface area contributed by atoms with Gasteiger partial charge in [0.1, 0.15) is 11.2 Å². The Labute approximate surface area is 235 Å². The number of nitrogens with zero attached hydrogens (tertiary/aromatic N) is 3. The SMILES string of the molecule is CC1CCN(c2ccc(C(=O)NC(=S)Nc3ccc4oc(Cc5ccc(Cl)cc5)nc4c3)cc2[N+](=O)[O-])CC1. The number of nitro benzene ring substituents is 1. The molecule has 39 heavy (non-hydrogen) atoms. The highest BCUT2D eigenvalue weighted by Gasteiger charge is 2.25. The first-order valence-electron chi connectivity index (χ1n) is 12.5. The molecule has 1 saturated heterocycles. The molecular weight excluding hydrogens is 538 g/mol. The van der Waals surface area contributed by atoms with Crippen molar-refractivity contribution in [3.05, 3.63) is 92.8 Å². The molecule has 200 valence electrons. The number of aromatic nitrogens is 1. The maximum atomic E-state index is 12.9. The normalized spacial score (nSPS) is 13.8. The zero-order chi connectivity index (χ0) is 27.5. The second-order valence-corrected chi connectivity index (χ2v) is 10.5. The lowest BCUT2D eigenvalue weighted by Gasteiger charge is -2.31. The number of anilines is 2. The van der Waals surface area contributed by atoms with Crippen LogP contribution >= 0.6 is 23.8 Å². The molecule has 0 aliphatic carbocycles. The predicted molar refractivity (Wildman–Crippen MR) is 156 cm³/mol. The van der Waals surface area contributed by atoms with Crippen molar-refractivity contribution in [2.24, 2.45) is 5.92 Å². The Bertz CT molecular complexity index is 1550. The molecule has 1 fully saturated rings. The van der Waals surface area contributed by atoms with Crippen molar-refractivity contribution in [1.29, 1.82) is 0 Å². The molecule has 0 spiro atoms. The third-order valence-electron chi connectivity index (χ3n) is 6.74. The van der Waals surface area contributed by atoms with Gasteiger partial charge < -0.3 is 14.6 Å². The van der Waals surface area contributed by atoms with Gasteiger partial charge in [0, 0.05) is 41.9 Å². The molecule has 0 bridgehead atoms. The number of oxazole rings is 1. The minimum atomic E-state index is -0.540. The molecule has 0 unspecified atom stereocenters. The number of rotatable bonds is 6. The van der Waals surface area contributed by atoms with Gasteiger partial charge >= 0.3 is 0 Å². The summed E-state index contributed by atoms with van der Waals surface area (Å²) in [6.07, 6.45) is 2.47. The Morgan fingerprint density at radius 1 is 1.15 bits per heavy atom. The van der Waals surface area contributed by atoms with E-state index in [1.807, 2.05) is 29.2 Å². The summed E-state index contributed by atoms with van der Waals surface area (Å²) in [4.78, 5) is 30.7. The summed E-state index contributed by atoms with van der Waals surface area (Å²) in [5.74, 6) is 0.618. The smallest absolute Gasteiger partial charge is 0.293 e. The van der Waals surface area contributed by atoms with E-state index in [-0.39, 0.29) is 16.4 Å². The number of fused-ring (bicyclic) bond motifs is 1. The number of nitrogens with one attached hydrogen (secondary N) is 2. The van der Waals surface area contributed by atoms with Gasteiger partial charge in [-0.2, -0.15) is 0 Å².